The van der Waals surface area contributed by atoms with Crippen LogP contribution in [0.5, 0.6) is 0 Å². The Labute approximate surface area is 117 Å². The third-order valence-corrected chi connectivity index (χ3v) is 2.77. The number of carbonyl (C=O) groups excluding carboxylic acids is 4. The van der Waals surface area contributed by atoms with Gasteiger partial charge in [-0.1, -0.05) is 26.2 Å². The van der Waals surface area contributed by atoms with E-state index in [2.05, 4.69) is 12.2 Å². The first-order valence-electron chi connectivity index (χ1n) is 6.62. The molecular weight excluding hydrogens is 260 g/mol. The molecular formula is C14H18N2O4. The summed E-state index contributed by atoms with van der Waals surface area (Å²) in [7, 11) is 0. The van der Waals surface area contributed by atoms with Crippen molar-refractivity contribution in [3.8, 4) is 0 Å². The summed E-state index contributed by atoms with van der Waals surface area (Å²) in [4.78, 5) is 41.9. The van der Waals surface area contributed by atoms with E-state index in [1.54, 1.807) is 0 Å². The number of amides is 4. The maximum absolute atomic E-state index is 11.0. The molecule has 0 bridgehead atoms. The Kier molecular flexibility index (Phi) is 6.36. The van der Waals surface area contributed by atoms with E-state index in [-0.39, 0.29) is 23.6 Å². The smallest absolute Gasteiger partial charge is 0.254 e. The Morgan fingerprint density at radius 3 is 1.90 bits per heavy atom. The fourth-order valence-corrected chi connectivity index (χ4v) is 1.74. The molecule has 0 aliphatic carbocycles. The van der Waals surface area contributed by atoms with E-state index in [9.17, 15) is 19.2 Å². The van der Waals surface area contributed by atoms with E-state index in [0.717, 1.165) is 19.3 Å². The molecule has 0 fully saturated rings. The van der Waals surface area contributed by atoms with Gasteiger partial charge in [0.05, 0.1) is 0 Å². The molecule has 0 aromatic heterocycles. The van der Waals surface area contributed by atoms with Crippen LogP contribution in [0.15, 0.2) is 23.8 Å². The van der Waals surface area contributed by atoms with Crippen LogP contribution in [0.3, 0.4) is 0 Å². The van der Waals surface area contributed by atoms with Crippen LogP contribution in [0.4, 0.5) is 0 Å². The van der Waals surface area contributed by atoms with Gasteiger partial charge in [0.25, 0.3) is 23.6 Å². The third kappa shape index (κ3) is 5.60. The Bertz CT molecular complexity index is 462. The number of imide groups is 2. The molecule has 0 unspecified atom stereocenters. The second-order valence-corrected chi connectivity index (χ2v) is 4.49. The van der Waals surface area contributed by atoms with Crippen molar-refractivity contribution in [1.29, 1.82) is 0 Å². The predicted octanol–water partition coefficient (Wildman–Crippen LogP) is 0.739. The summed E-state index contributed by atoms with van der Waals surface area (Å²) in [5.74, 6) is -1.13. The molecule has 6 heteroatoms. The maximum Gasteiger partial charge on any atom is 0.254 e. The molecule has 0 radical (unpaired) electrons. The summed E-state index contributed by atoms with van der Waals surface area (Å²) in [6.45, 7) is 2.14. The van der Waals surface area contributed by atoms with Crippen molar-refractivity contribution in [1.82, 2.24) is 10.6 Å². The molecule has 2 rings (SSSR count). The van der Waals surface area contributed by atoms with Gasteiger partial charge in [-0.2, -0.15) is 0 Å². The van der Waals surface area contributed by atoms with Gasteiger partial charge < -0.3 is 0 Å². The lowest BCUT2D eigenvalue weighted by molar-refractivity contribution is -0.125. The van der Waals surface area contributed by atoms with Crippen LogP contribution in [0.2, 0.25) is 0 Å². The maximum atomic E-state index is 11.0. The van der Waals surface area contributed by atoms with Gasteiger partial charge in [0, 0.05) is 23.8 Å². The van der Waals surface area contributed by atoms with E-state index in [4.69, 9.17) is 0 Å². The molecule has 2 heterocycles. The molecule has 2 aliphatic rings. The molecule has 2 aliphatic heterocycles. The van der Waals surface area contributed by atoms with E-state index in [1.165, 1.54) is 31.1 Å². The van der Waals surface area contributed by atoms with Crippen molar-refractivity contribution < 1.29 is 19.2 Å². The highest BCUT2D eigenvalue weighted by atomic mass is 16.2. The van der Waals surface area contributed by atoms with Crippen LogP contribution in [-0.4, -0.2) is 23.6 Å². The topological polar surface area (TPSA) is 92.3 Å². The Hall–Kier alpha value is -2.24. The fraction of sp³-hybridized carbons (Fsp3) is 0.429. The number of unbranched alkanes of at least 4 members (excludes halogenated alkanes) is 3. The van der Waals surface area contributed by atoms with Crippen LogP contribution in [0.1, 0.15) is 39.0 Å². The number of nitrogens with one attached hydrogen (secondary N) is 2. The molecule has 0 aromatic carbocycles. The minimum absolute atomic E-state index is 0.207. The lowest BCUT2D eigenvalue weighted by atomic mass is 10.1. The van der Waals surface area contributed by atoms with Gasteiger partial charge in [-0.25, -0.2) is 0 Å². The zero-order valence-corrected chi connectivity index (χ0v) is 11.4. The van der Waals surface area contributed by atoms with Crippen molar-refractivity contribution in [3.05, 3.63) is 23.8 Å². The minimum atomic E-state index is -0.329. The molecule has 0 spiro atoms. The third-order valence-electron chi connectivity index (χ3n) is 2.77. The van der Waals surface area contributed by atoms with Crippen LogP contribution in [0, 0.1) is 0 Å². The molecule has 0 saturated heterocycles. The molecule has 108 valence electrons. The lowest BCUT2D eigenvalue weighted by Gasteiger charge is -1.98. The second-order valence-electron chi connectivity index (χ2n) is 4.49. The molecule has 0 aromatic rings. The van der Waals surface area contributed by atoms with Crippen LogP contribution in [0.25, 0.3) is 0 Å². The van der Waals surface area contributed by atoms with Gasteiger partial charge in [0.2, 0.25) is 0 Å². The Morgan fingerprint density at radius 2 is 1.50 bits per heavy atom. The molecule has 20 heavy (non-hydrogen) atoms. The summed E-state index contributed by atoms with van der Waals surface area (Å²) < 4.78 is 0. The molecule has 4 amide bonds. The van der Waals surface area contributed by atoms with E-state index in [1.807, 2.05) is 5.32 Å². The van der Waals surface area contributed by atoms with Crippen LogP contribution < -0.4 is 10.6 Å². The fourth-order valence-electron chi connectivity index (χ4n) is 1.74. The van der Waals surface area contributed by atoms with Crippen LogP contribution in [-0.2, 0) is 19.2 Å². The average molecular weight is 278 g/mol. The number of hydrogen-bond acceptors (Lipinski definition) is 4. The summed E-state index contributed by atoms with van der Waals surface area (Å²) in [5, 5.41) is 4.27. The second kappa shape index (κ2) is 8.04. The SMILES string of the molecule is CCCCCCC1=CC(=O)NC1=O.O=C1C=CC(=O)N1. The Morgan fingerprint density at radius 1 is 0.850 bits per heavy atom. The van der Waals surface area contributed by atoms with Crippen molar-refractivity contribution >= 4 is 23.6 Å². The summed E-state index contributed by atoms with van der Waals surface area (Å²) in [6.07, 6.45) is 9.05. The van der Waals surface area contributed by atoms with Crippen LogP contribution >= 0.6 is 0 Å². The lowest BCUT2D eigenvalue weighted by Crippen LogP contribution is -2.22. The van der Waals surface area contributed by atoms with Gasteiger partial charge in [0.15, 0.2) is 0 Å². The van der Waals surface area contributed by atoms with Gasteiger partial charge in [0.1, 0.15) is 0 Å². The summed E-state index contributed by atoms with van der Waals surface area (Å²) in [6, 6.07) is 0. The van der Waals surface area contributed by atoms with Gasteiger partial charge in [-0.05, 0) is 12.8 Å². The van der Waals surface area contributed by atoms with Crippen molar-refractivity contribution in [2.75, 3.05) is 0 Å². The molecule has 0 saturated carbocycles. The first-order valence-corrected chi connectivity index (χ1v) is 6.62. The molecule has 2 N–H and O–H groups in total. The largest absolute Gasteiger partial charge is 0.289 e. The summed E-state index contributed by atoms with van der Waals surface area (Å²) in [5.41, 5.74) is 0.640. The highest BCUT2D eigenvalue weighted by Gasteiger charge is 2.19. The normalized spacial score (nSPS) is 16.6. The first kappa shape index (κ1) is 15.8. The van der Waals surface area contributed by atoms with Crippen molar-refractivity contribution in [2.45, 2.75) is 39.0 Å². The summed E-state index contributed by atoms with van der Waals surface area (Å²) >= 11 is 0. The van der Waals surface area contributed by atoms with Gasteiger partial charge >= 0.3 is 0 Å². The number of rotatable bonds is 5. The van der Waals surface area contributed by atoms with Gasteiger partial charge in [-0.3, -0.25) is 29.8 Å². The standard InChI is InChI=1S/C10H15NO2.C4H3NO2/c1-2-3-4-5-6-8-7-9(12)11-10(8)13;6-3-1-2-4(7)5-3/h7H,2-6H2,1H3,(H,11,12,13);1-2H,(H,5,6,7). The quantitative estimate of drug-likeness (QED) is 0.573. The van der Waals surface area contributed by atoms with E-state index in [0.29, 0.717) is 5.57 Å². The van der Waals surface area contributed by atoms with E-state index >= 15 is 0 Å². The predicted molar refractivity (Wildman–Crippen MR) is 72.3 cm³/mol. The molecule has 6 nitrogen and oxygen atoms in total. The van der Waals surface area contributed by atoms with E-state index < -0.39 is 0 Å². The molecule has 0 atom stereocenters. The van der Waals surface area contributed by atoms with Crippen molar-refractivity contribution in [3.63, 3.8) is 0 Å². The first-order chi connectivity index (χ1) is 9.52. The van der Waals surface area contributed by atoms with Gasteiger partial charge in [-0.15, -0.1) is 0 Å². The zero-order chi connectivity index (χ0) is 15.0. The Balaban J connectivity index is 0.000000240. The highest BCUT2D eigenvalue weighted by Crippen LogP contribution is 2.13. The minimum Gasteiger partial charge on any atom is -0.289 e. The highest BCUT2D eigenvalue weighted by molar-refractivity contribution is 6.16. The number of hydrogen-bond donors (Lipinski definition) is 2. The van der Waals surface area contributed by atoms with Crippen molar-refractivity contribution in [2.24, 2.45) is 0 Å². The zero-order valence-electron chi connectivity index (χ0n) is 11.4. The average Bonchev–Trinajstić information content (AvgIpc) is 2.91. The number of carbonyl (C=O) groups is 4. The monoisotopic (exact) mass is 278 g/mol.